The molecule has 0 aliphatic heterocycles. The highest BCUT2D eigenvalue weighted by Gasteiger charge is 2.10. The molecule has 1 aromatic heterocycles. The average Bonchev–Trinajstić information content (AvgIpc) is 2.44. The topological polar surface area (TPSA) is 45.2 Å². The van der Waals surface area contributed by atoms with Gasteiger partial charge in [0.2, 0.25) is 0 Å². The third kappa shape index (κ3) is 3.54. The van der Waals surface area contributed by atoms with E-state index in [0.717, 1.165) is 5.69 Å². The third-order valence-electron chi connectivity index (χ3n) is 2.90. The van der Waals surface area contributed by atoms with E-state index in [4.69, 9.17) is 0 Å². The molecule has 0 bridgehead atoms. The van der Waals surface area contributed by atoms with Crippen molar-refractivity contribution < 1.29 is 9.18 Å². The van der Waals surface area contributed by atoms with Gasteiger partial charge >= 0.3 is 6.03 Å². The first-order valence-electron chi connectivity index (χ1n) is 6.24. The lowest BCUT2D eigenvalue weighted by Gasteiger charge is -2.17. The summed E-state index contributed by atoms with van der Waals surface area (Å²) in [5.74, 6) is -0.338. The number of anilines is 1. The number of hydrogen-bond acceptors (Lipinski definition) is 2. The van der Waals surface area contributed by atoms with E-state index in [-0.39, 0.29) is 11.8 Å². The van der Waals surface area contributed by atoms with E-state index in [2.05, 4.69) is 10.3 Å². The second kappa shape index (κ2) is 6.14. The van der Waals surface area contributed by atoms with Crippen LogP contribution in [0, 0.1) is 12.7 Å². The fourth-order valence-corrected chi connectivity index (χ4v) is 1.70. The number of nitrogens with zero attached hydrogens (tertiary/aromatic N) is 2. The largest absolute Gasteiger partial charge is 0.322 e. The molecular weight excluding hydrogens is 257 g/mol. The number of halogens is 1. The standard InChI is InChI=1S/C15H16FN3O/c1-11-6-7-12(9-14(11)16)18-15(20)19(2)10-13-5-3-4-8-17-13/h3-9H,10H2,1-2H3,(H,18,20). The highest BCUT2D eigenvalue weighted by Crippen LogP contribution is 2.14. The fraction of sp³-hybridized carbons (Fsp3) is 0.200. The summed E-state index contributed by atoms with van der Waals surface area (Å²) >= 11 is 0. The van der Waals surface area contributed by atoms with Crippen molar-refractivity contribution in [2.75, 3.05) is 12.4 Å². The van der Waals surface area contributed by atoms with Gasteiger partial charge in [0.15, 0.2) is 0 Å². The quantitative estimate of drug-likeness (QED) is 0.933. The summed E-state index contributed by atoms with van der Waals surface area (Å²) in [5, 5.41) is 2.65. The Morgan fingerprint density at radius 3 is 2.80 bits per heavy atom. The Hall–Kier alpha value is -2.43. The number of carbonyl (C=O) groups is 1. The lowest BCUT2D eigenvalue weighted by molar-refractivity contribution is 0.220. The van der Waals surface area contributed by atoms with Crippen LogP contribution < -0.4 is 5.32 Å². The van der Waals surface area contributed by atoms with Crippen molar-refractivity contribution >= 4 is 11.7 Å². The summed E-state index contributed by atoms with van der Waals surface area (Å²) in [5.41, 5.74) is 1.77. The summed E-state index contributed by atoms with van der Waals surface area (Å²) in [6.45, 7) is 2.06. The predicted octanol–water partition coefficient (Wildman–Crippen LogP) is 3.19. The molecule has 0 aliphatic rings. The monoisotopic (exact) mass is 273 g/mol. The van der Waals surface area contributed by atoms with Gasteiger partial charge in [0, 0.05) is 18.9 Å². The lowest BCUT2D eigenvalue weighted by Crippen LogP contribution is -2.31. The van der Waals surface area contributed by atoms with Gasteiger partial charge < -0.3 is 10.2 Å². The van der Waals surface area contributed by atoms with Crippen molar-refractivity contribution in [3.63, 3.8) is 0 Å². The Morgan fingerprint density at radius 2 is 2.15 bits per heavy atom. The van der Waals surface area contributed by atoms with Gasteiger partial charge in [-0.1, -0.05) is 12.1 Å². The van der Waals surface area contributed by atoms with E-state index < -0.39 is 0 Å². The molecule has 2 aromatic rings. The van der Waals surface area contributed by atoms with Crippen LogP contribution in [0.25, 0.3) is 0 Å². The normalized spacial score (nSPS) is 10.2. The predicted molar refractivity (Wildman–Crippen MR) is 75.9 cm³/mol. The molecule has 2 amide bonds. The van der Waals surface area contributed by atoms with Gasteiger partial charge in [0.05, 0.1) is 12.2 Å². The van der Waals surface area contributed by atoms with Crippen molar-refractivity contribution in [2.45, 2.75) is 13.5 Å². The molecule has 5 heteroatoms. The molecule has 4 nitrogen and oxygen atoms in total. The van der Waals surface area contributed by atoms with Crippen LogP contribution >= 0.6 is 0 Å². The highest BCUT2D eigenvalue weighted by molar-refractivity contribution is 5.89. The minimum atomic E-state index is -0.338. The van der Waals surface area contributed by atoms with Gasteiger partial charge in [0.25, 0.3) is 0 Å². The van der Waals surface area contributed by atoms with Crippen LogP contribution in [0.2, 0.25) is 0 Å². The molecule has 0 spiro atoms. The molecule has 2 rings (SSSR count). The van der Waals surface area contributed by atoms with E-state index in [1.807, 2.05) is 18.2 Å². The number of nitrogens with one attached hydrogen (secondary N) is 1. The number of aromatic nitrogens is 1. The molecule has 0 unspecified atom stereocenters. The molecule has 0 fully saturated rings. The number of hydrogen-bond donors (Lipinski definition) is 1. The molecule has 0 radical (unpaired) electrons. The molecule has 20 heavy (non-hydrogen) atoms. The van der Waals surface area contributed by atoms with Crippen molar-refractivity contribution in [3.8, 4) is 0 Å². The molecule has 1 aromatic carbocycles. The van der Waals surface area contributed by atoms with Gasteiger partial charge in [-0.3, -0.25) is 4.98 Å². The van der Waals surface area contributed by atoms with Gasteiger partial charge in [-0.2, -0.15) is 0 Å². The summed E-state index contributed by atoms with van der Waals surface area (Å²) < 4.78 is 13.4. The van der Waals surface area contributed by atoms with Crippen molar-refractivity contribution in [2.24, 2.45) is 0 Å². The van der Waals surface area contributed by atoms with Crippen LogP contribution in [0.3, 0.4) is 0 Å². The molecule has 104 valence electrons. The van der Waals surface area contributed by atoms with E-state index in [1.54, 1.807) is 32.3 Å². The number of aryl methyl sites for hydroxylation is 1. The van der Waals surface area contributed by atoms with Gasteiger partial charge in [-0.15, -0.1) is 0 Å². The number of urea groups is 1. The number of pyridine rings is 1. The molecule has 1 N–H and O–H groups in total. The Kier molecular flexibility index (Phi) is 4.30. The smallest absolute Gasteiger partial charge is 0.321 e. The van der Waals surface area contributed by atoms with Crippen LogP contribution in [0.1, 0.15) is 11.3 Å². The first-order chi connectivity index (χ1) is 9.56. The molecule has 0 atom stereocenters. The average molecular weight is 273 g/mol. The van der Waals surface area contributed by atoms with Crippen molar-refractivity contribution in [1.29, 1.82) is 0 Å². The SMILES string of the molecule is Cc1ccc(NC(=O)N(C)Cc2ccccn2)cc1F. The van der Waals surface area contributed by atoms with Crippen molar-refractivity contribution in [3.05, 3.63) is 59.7 Å². The number of rotatable bonds is 3. The summed E-state index contributed by atoms with van der Waals surface area (Å²) in [4.78, 5) is 17.6. The summed E-state index contributed by atoms with van der Waals surface area (Å²) in [6, 6.07) is 9.83. The second-order valence-corrected chi connectivity index (χ2v) is 4.57. The Balaban J connectivity index is 1.99. The van der Waals surface area contributed by atoms with Crippen LogP contribution in [-0.2, 0) is 6.54 Å². The molecule has 0 saturated carbocycles. The molecule has 1 heterocycles. The van der Waals surface area contributed by atoms with Gasteiger partial charge in [-0.25, -0.2) is 9.18 Å². The van der Waals surface area contributed by atoms with E-state index >= 15 is 0 Å². The zero-order chi connectivity index (χ0) is 14.5. The Bertz CT molecular complexity index is 601. The van der Waals surface area contributed by atoms with Crippen LogP contribution in [0.5, 0.6) is 0 Å². The molecular formula is C15H16FN3O. The number of carbonyl (C=O) groups excluding carboxylic acids is 1. The summed E-state index contributed by atoms with van der Waals surface area (Å²) in [7, 11) is 1.66. The maximum absolute atomic E-state index is 13.4. The van der Waals surface area contributed by atoms with Crippen LogP contribution in [0.4, 0.5) is 14.9 Å². The molecule has 0 aliphatic carbocycles. The first kappa shape index (κ1) is 14.0. The highest BCUT2D eigenvalue weighted by atomic mass is 19.1. The maximum atomic E-state index is 13.4. The zero-order valence-corrected chi connectivity index (χ0v) is 11.4. The summed E-state index contributed by atoms with van der Waals surface area (Å²) in [6.07, 6.45) is 1.68. The van der Waals surface area contributed by atoms with Crippen LogP contribution in [0.15, 0.2) is 42.6 Å². The first-order valence-corrected chi connectivity index (χ1v) is 6.24. The molecule has 0 saturated heterocycles. The van der Waals surface area contributed by atoms with E-state index in [9.17, 15) is 9.18 Å². The zero-order valence-electron chi connectivity index (χ0n) is 11.4. The Morgan fingerprint density at radius 1 is 1.35 bits per heavy atom. The number of amides is 2. The minimum absolute atomic E-state index is 0.307. The lowest BCUT2D eigenvalue weighted by atomic mass is 10.2. The van der Waals surface area contributed by atoms with Gasteiger partial charge in [0.1, 0.15) is 5.82 Å². The Labute approximate surface area is 117 Å². The second-order valence-electron chi connectivity index (χ2n) is 4.57. The van der Waals surface area contributed by atoms with Crippen LogP contribution in [-0.4, -0.2) is 23.0 Å². The third-order valence-corrected chi connectivity index (χ3v) is 2.90. The van der Waals surface area contributed by atoms with E-state index in [0.29, 0.717) is 17.8 Å². The maximum Gasteiger partial charge on any atom is 0.321 e. The van der Waals surface area contributed by atoms with Gasteiger partial charge in [-0.05, 0) is 36.8 Å². The van der Waals surface area contributed by atoms with Crippen molar-refractivity contribution in [1.82, 2.24) is 9.88 Å². The van der Waals surface area contributed by atoms with E-state index in [1.165, 1.54) is 11.0 Å². The number of benzene rings is 1. The fourth-order valence-electron chi connectivity index (χ4n) is 1.70. The minimum Gasteiger partial charge on any atom is -0.322 e.